The molecule has 1 aromatic heterocycles. The fourth-order valence-corrected chi connectivity index (χ4v) is 1.48. The third-order valence-corrected chi connectivity index (χ3v) is 2.22. The van der Waals surface area contributed by atoms with Crippen LogP contribution >= 0.6 is 0 Å². The molecule has 0 amide bonds. The zero-order valence-corrected chi connectivity index (χ0v) is 8.69. The Bertz CT molecular complexity index is 380. The van der Waals surface area contributed by atoms with Gasteiger partial charge in [0.1, 0.15) is 0 Å². The minimum Gasteiger partial charge on any atom is -0.378 e. The summed E-state index contributed by atoms with van der Waals surface area (Å²) in [5.41, 5.74) is 2.48. The summed E-state index contributed by atoms with van der Waals surface area (Å²) in [7, 11) is 0. The SMILES string of the molecule is C=NNc1ncc(F)c(N2CCOCC2)n1. The zero-order valence-electron chi connectivity index (χ0n) is 8.69. The van der Waals surface area contributed by atoms with Crippen LogP contribution in [0, 0.1) is 5.82 Å². The minimum absolute atomic E-state index is 0.234. The summed E-state index contributed by atoms with van der Waals surface area (Å²) in [6.07, 6.45) is 1.12. The van der Waals surface area contributed by atoms with Crippen molar-refractivity contribution in [3.63, 3.8) is 0 Å². The zero-order chi connectivity index (χ0) is 11.4. The largest absolute Gasteiger partial charge is 0.378 e. The Morgan fingerprint density at radius 1 is 1.50 bits per heavy atom. The monoisotopic (exact) mass is 225 g/mol. The van der Waals surface area contributed by atoms with Gasteiger partial charge in [0.25, 0.3) is 0 Å². The first kappa shape index (κ1) is 10.7. The fourth-order valence-electron chi connectivity index (χ4n) is 1.48. The van der Waals surface area contributed by atoms with E-state index >= 15 is 0 Å². The maximum absolute atomic E-state index is 13.5. The maximum atomic E-state index is 13.5. The Balaban J connectivity index is 2.23. The Labute approximate surface area is 92.1 Å². The summed E-state index contributed by atoms with van der Waals surface area (Å²) < 4.78 is 18.7. The van der Waals surface area contributed by atoms with E-state index in [1.54, 1.807) is 0 Å². The van der Waals surface area contributed by atoms with E-state index in [0.29, 0.717) is 26.3 Å². The van der Waals surface area contributed by atoms with Crippen LogP contribution in [0.2, 0.25) is 0 Å². The number of hydrogen-bond donors (Lipinski definition) is 1. The molecular formula is C9H12FN5O. The van der Waals surface area contributed by atoms with E-state index in [1.807, 2.05) is 4.90 Å². The Morgan fingerprint density at radius 3 is 2.94 bits per heavy atom. The van der Waals surface area contributed by atoms with Gasteiger partial charge in [0.15, 0.2) is 11.6 Å². The molecule has 1 aliphatic rings. The van der Waals surface area contributed by atoms with Gasteiger partial charge in [0, 0.05) is 19.8 Å². The van der Waals surface area contributed by atoms with Crippen LogP contribution in [0.25, 0.3) is 0 Å². The lowest BCUT2D eigenvalue weighted by atomic mass is 10.4. The molecule has 1 saturated heterocycles. The Hall–Kier alpha value is -1.76. The summed E-state index contributed by atoms with van der Waals surface area (Å²) in [6.45, 7) is 5.64. The van der Waals surface area contributed by atoms with Gasteiger partial charge in [-0.3, -0.25) is 0 Å². The normalized spacial score (nSPS) is 15.9. The van der Waals surface area contributed by atoms with E-state index in [-0.39, 0.29) is 11.8 Å². The van der Waals surface area contributed by atoms with Gasteiger partial charge >= 0.3 is 0 Å². The molecule has 1 fully saturated rings. The first-order valence-electron chi connectivity index (χ1n) is 4.88. The van der Waals surface area contributed by atoms with E-state index in [2.05, 4.69) is 27.2 Å². The van der Waals surface area contributed by atoms with Crippen LogP contribution in [-0.4, -0.2) is 43.0 Å². The van der Waals surface area contributed by atoms with Crippen LogP contribution in [-0.2, 0) is 4.74 Å². The number of aromatic nitrogens is 2. The maximum Gasteiger partial charge on any atom is 0.245 e. The molecule has 0 aliphatic carbocycles. The summed E-state index contributed by atoms with van der Waals surface area (Å²) in [6, 6.07) is 0. The van der Waals surface area contributed by atoms with E-state index in [9.17, 15) is 4.39 Å². The van der Waals surface area contributed by atoms with Gasteiger partial charge in [-0.1, -0.05) is 0 Å². The molecule has 0 bridgehead atoms. The second-order valence-corrected chi connectivity index (χ2v) is 3.23. The van der Waals surface area contributed by atoms with Crippen molar-refractivity contribution in [1.29, 1.82) is 0 Å². The molecule has 2 rings (SSSR count). The van der Waals surface area contributed by atoms with Crippen molar-refractivity contribution in [2.45, 2.75) is 0 Å². The van der Waals surface area contributed by atoms with Gasteiger partial charge in [0.2, 0.25) is 5.95 Å². The van der Waals surface area contributed by atoms with Crippen molar-refractivity contribution < 1.29 is 9.13 Å². The van der Waals surface area contributed by atoms with Crippen molar-refractivity contribution in [2.24, 2.45) is 5.10 Å². The van der Waals surface area contributed by atoms with Gasteiger partial charge < -0.3 is 9.64 Å². The third-order valence-electron chi connectivity index (χ3n) is 2.22. The first-order chi connectivity index (χ1) is 7.81. The smallest absolute Gasteiger partial charge is 0.245 e. The second-order valence-electron chi connectivity index (χ2n) is 3.23. The van der Waals surface area contributed by atoms with E-state index in [4.69, 9.17) is 4.74 Å². The molecule has 86 valence electrons. The molecule has 0 saturated carbocycles. The number of morpholine rings is 1. The van der Waals surface area contributed by atoms with E-state index in [1.165, 1.54) is 0 Å². The standard InChI is InChI=1S/C9H12FN5O/c1-11-14-9-12-6-7(10)8(13-9)15-2-4-16-5-3-15/h6H,1-5H2,(H,12,13,14). The number of nitrogens with zero attached hydrogens (tertiary/aromatic N) is 4. The van der Waals surface area contributed by atoms with Crippen molar-refractivity contribution in [1.82, 2.24) is 9.97 Å². The van der Waals surface area contributed by atoms with Gasteiger partial charge in [-0.05, 0) is 0 Å². The lowest BCUT2D eigenvalue weighted by molar-refractivity contribution is 0.122. The Morgan fingerprint density at radius 2 is 2.25 bits per heavy atom. The summed E-state index contributed by atoms with van der Waals surface area (Å²) in [4.78, 5) is 9.57. The number of halogens is 1. The van der Waals surface area contributed by atoms with Crippen LogP contribution in [0.1, 0.15) is 0 Å². The molecule has 16 heavy (non-hydrogen) atoms. The highest BCUT2D eigenvalue weighted by atomic mass is 19.1. The van der Waals surface area contributed by atoms with Crippen molar-refractivity contribution >= 4 is 18.5 Å². The molecule has 2 heterocycles. The summed E-state index contributed by atoms with van der Waals surface area (Å²) >= 11 is 0. The molecule has 1 aromatic rings. The first-order valence-corrected chi connectivity index (χ1v) is 4.88. The van der Waals surface area contributed by atoms with Gasteiger partial charge in [-0.15, -0.1) is 0 Å². The number of hydrogen-bond acceptors (Lipinski definition) is 6. The molecule has 6 nitrogen and oxygen atoms in total. The van der Waals surface area contributed by atoms with Crippen LogP contribution < -0.4 is 10.3 Å². The van der Waals surface area contributed by atoms with Crippen LogP contribution in [0.3, 0.4) is 0 Å². The molecule has 0 aromatic carbocycles. The van der Waals surface area contributed by atoms with E-state index < -0.39 is 5.82 Å². The molecule has 0 spiro atoms. The summed E-state index contributed by atoms with van der Waals surface area (Å²) in [5.74, 6) is 0.0545. The van der Waals surface area contributed by atoms with Crippen molar-refractivity contribution in [3.8, 4) is 0 Å². The fraction of sp³-hybridized carbons (Fsp3) is 0.444. The van der Waals surface area contributed by atoms with Crippen molar-refractivity contribution in [2.75, 3.05) is 36.6 Å². The number of nitrogens with one attached hydrogen (secondary N) is 1. The lowest BCUT2D eigenvalue weighted by Crippen LogP contribution is -2.37. The molecule has 0 atom stereocenters. The highest BCUT2D eigenvalue weighted by molar-refractivity contribution is 5.44. The molecule has 0 unspecified atom stereocenters. The third kappa shape index (κ3) is 2.25. The minimum atomic E-state index is -0.448. The number of hydrazone groups is 1. The van der Waals surface area contributed by atoms with Crippen LogP contribution in [0.15, 0.2) is 11.3 Å². The van der Waals surface area contributed by atoms with Crippen molar-refractivity contribution in [3.05, 3.63) is 12.0 Å². The number of ether oxygens (including phenoxy) is 1. The van der Waals surface area contributed by atoms with Crippen LogP contribution in [0.5, 0.6) is 0 Å². The molecule has 1 aliphatic heterocycles. The second kappa shape index (κ2) is 4.84. The highest BCUT2D eigenvalue weighted by Gasteiger charge is 2.17. The number of rotatable bonds is 3. The average molecular weight is 225 g/mol. The topological polar surface area (TPSA) is 62.6 Å². The highest BCUT2D eigenvalue weighted by Crippen LogP contribution is 2.18. The molecule has 0 radical (unpaired) electrons. The Kier molecular flexibility index (Phi) is 3.25. The van der Waals surface area contributed by atoms with Gasteiger partial charge in [0.05, 0.1) is 19.4 Å². The predicted octanol–water partition coefficient (Wildman–Crippen LogP) is 0.480. The quantitative estimate of drug-likeness (QED) is 0.598. The molecule has 1 N–H and O–H groups in total. The lowest BCUT2D eigenvalue weighted by Gasteiger charge is -2.27. The van der Waals surface area contributed by atoms with Gasteiger partial charge in [-0.25, -0.2) is 14.8 Å². The summed E-state index contributed by atoms with van der Waals surface area (Å²) in [5, 5.41) is 3.43. The average Bonchev–Trinajstić information content (AvgIpc) is 2.33. The predicted molar refractivity (Wildman–Crippen MR) is 58.2 cm³/mol. The van der Waals surface area contributed by atoms with Gasteiger partial charge in [-0.2, -0.15) is 10.1 Å². The molecule has 7 heteroatoms. The van der Waals surface area contributed by atoms with E-state index in [0.717, 1.165) is 6.20 Å². The van der Waals surface area contributed by atoms with Crippen LogP contribution in [0.4, 0.5) is 16.2 Å². The molecular weight excluding hydrogens is 213 g/mol. The number of anilines is 2.